The Morgan fingerprint density at radius 2 is 1.52 bits per heavy atom. The maximum absolute atomic E-state index is 12.3. The van der Waals surface area contributed by atoms with Crippen LogP contribution < -0.4 is 21.7 Å². The van der Waals surface area contributed by atoms with Gasteiger partial charge in [-0.25, -0.2) is 4.79 Å². The van der Waals surface area contributed by atoms with E-state index >= 15 is 0 Å². The highest BCUT2D eigenvalue weighted by Gasteiger charge is 2.29. The molecule has 0 aromatic heterocycles. The highest BCUT2D eigenvalue weighted by Crippen LogP contribution is 2.11. The van der Waals surface area contributed by atoms with Crippen molar-refractivity contribution in [1.82, 2.24) is 16.0 Å². The Morgan fingerprint density at radius 3 is 2.00 bits per heavy atom. The van der Waals surface area contributed by atoms with Crippen LogP contribution in [0.2, 0.25) is 0 Å². The summed E-state index contributed by atoms with van der Waals surface area (Å²) in [5, 5.41) is 34.8. The SMILES string of the molecule is CC(NC(=O)C(N)Cc1ccc(O)cc1)C(=O)NC(CO)C(=O)NC(C(=O)O)C(C)C. The molecule has 0 heterocycles. The van der Waals surface area contributed by atoms with E-state index in [2.05, 4.69) is 16.0 Å². The molecule has 0 spiro atoms. The van der Waals surface area contributed by atoms with Crippen LogP contribution >= 0.6 is 0 Å². The minimum atomic E-state index is -1.39. The first-order chi connectivity index (χ1) is 14.5. The molecule has 1 aromatic rings. The van der Waals surface area contributed by atoms with Gasteiger partial charge in [0.15, 0.2) is 0 Å². The minimum Gasteiger partial charge on any atom is -0.508 e. The third-order valence-electron chi connectivity index (χ3n) is 4.53. The van der Waals surface area contributed by atoms with E-state index in [0.717, 1.165) is 0 Å². The average molecular weight is 438 g/mol. The summed E-state index contributed by atoms with van der Waals surface area (Å²) in [7, 11) is 0. The zero-order valence-corrected chi connectivity index (χ0v) is 17.7. The van der Waals surface area contributed by atoms with Crippen molar-refractivity contribution in [1.29, 1.82) is 0 Å². The van der Waals surface area contributed by atoms with Crippen LogP contribution in [-0.4, -0.2) is 69.8 Å². The third-order valence-corrected chi connectivity index (χ3v) is 4.53. The lowest BCUT2D eigenvalue weighted by Gasteiger charge is -2.23. The maximum Gasteiger partial charge on any atom is 0.326 e. The molecule has 3 amide bonds. The van der Waals surface area contributed by atoms with Crippen molar-refractivity contribution in [3.63, 3.8) is 0 Å². The number of nitrogens with one attached hydrogen (secondary N) is 3. The highest BCUT2D eigenvalue weighted by atomic mass is 16.4. The predicted molar refractivity (Wildman–Crippen MR) is 111 cm³/mol. The first-order valence-corrected chi connectivity index (χ1v) is 9.74. The summed E-state index contributed by atoms with van der Waals surface area (Å²) in [5.74, 6) is -3.79. The number of phenols is 1. The van der Waals surface area contributed by atoms with Gasteiger partial charge in [-0.1, -0.05) is 26.0 Å². The maximum atomic E-state index is 12.3. The average Bonchev–Trinajstić information content (AvgIpc) is 2.70. The molecule has 11 nitrogen and oxygen atoms in total. The predicted octanol–water partition coefficient (Wildman–Crippen LogP) is -1.53. The van der Waals surface area contributed by atoms with Gasteiger partial charge in [-0.15, -0.1) is 0 Å². The number of aromatic hydroxyl groups is 1. The van der Waals surface area contributed by atoms with Gasteiger partial charge in [0, 0.05) is 0 Å². The number of nitrogens with two attached hydrogens (primary N) is 1. The van der Waals surface area contributed by atoms with E-state index in [-0.39, 0.29) is 12.2 Å². The van der Waals surface area contributed by atoms with Crippen molar-refractivity contribution in [2.75, 3.05) is 6.61 Å². The number of carboxylic acids is 1. The molecule has 0 fully saturated rings. The number of carbonyl (C=O) groups is 4. The van der Waals surface area contributed by atoms with Gasteiger partial charge < -0.3 is 37.0 Å². The topological polar surface area (TPSA) is 191 Å². The van der Waals surface area contributed by atoms with Gasteiger partial charge in [0.25, 0.3) is 0 Å². The highest BCUT2D eigenvalue weighted by molar-refractivity contribution is 5.94. The van der Waals surface area contributed by atoms with Gasteiger partial charge in [-0.3, -0.25) is 14.4 Å². The van der Waals surface area contributed by atoms with E-state index < -0.39 is 60.4 Å². The number of benzene rings is 1. The molecule has 172 valence electrons. The first-order valence-electron chi connectivity index (χ1n) is 9.74. The molecule has 0 saturated carbocycles. The summed E-state index contributed by atoms with van der Waals surface area (Å²) >= 11 is 0. The van der Waals surface area contributed by atoms with Crippen LogP contribution in [0, 0.1) is 5.92 Å². The van der Waals surface area contributed by atoms with Crippen molar-refractivity contribution in [3.05, 3.63) is 29.8 Å². The van der Waals surface area contributed by atoms with Crippen LogP contribution in [0.5, 0.6) is 5.75 Å². The number of amides is 3. The molecule has 4 unspecified atom stereocenters. The van der Waals surface area contributed by atoms with Crippen LogP contribution in [0.25, 0.3) is 0 Å². The Kier molecular flexibility index (Phi) is 9.90. The second-order valence-corrected chi connectivity index (χ2v) is 7.52. The fourth-order valence-electron chi connectivity index (χ4n) is 2.62. The fourth-order valence-corrected chi connectivity index (χ4v) is 2.62. The summed E-state index contributed by atoms with van der Waals surface area (Å²) in [4.78, 5) is 48.0. The smallest absolute Gasteiger partial charge is 0.326 e. The number of aliphatic hydroxyl groups excluding tert-OH is 1. The zero-order chi connectivity index (χ0) is 23.7. The molecule has 31 heavy (non-hydrogen) atoms. The lowest BCUT2D eigenvalue weighted by atomic mass is 10.0. The van der Waals surface area contributed by atoms with Crippen molar-refractivity contribution >= 4 is 23.7 Å². The Bertz CT molecular complexity index is 782. The Labute approximate surface area is 180 Å². The van der Waals surface area contributed by atoms with Crippen LogP contribution in [-0.2, 0) is 25.6 Å². The molecule has 4 atom stereocenters. The molecule has 0 bridgehead atoms. The molecular formula is C20H30N4O7. The summed E-state index contributed by atoms with van der Waals surface area (Å²) < 4.78 is 0. The van der Waals surface area contributed by atoms with Crippen molar-refractivity contribution in [2.24, 2.45) is 11.7 Å². The van der Waals surface area contributed by atoms with E-state index in [9.17, 15) is 29.4 Å². The molecule has 0 aliphatic heterocycles. The number of hydrogen-bond acceptors (Lipinski definition) is 7. The monoisotopic (exact) mass is 438 g/mol. The van der Waals surface area contributed by atoms with Crippen LogP contribution in [0.15, 0.2) is 24.3 Å². The molecule has 0 aliphatic carbocycles. The molecule has 1 aromatic carbocycles. The van der Waals surface area contributed by atoms with Gasteiger partial charge in [-0.2, -0.15) is 0 Å². The second-order valence-electron chi connectivity index (χ2n) is 7.52. The fraction of sp³-hybridized carbons (Fsp3) is 0.500. The quantitative estimate of drug-likeness (QED) is 0.216. The molecule has 0 aliphatic rings. The molecular weight excluding hydrogens is 408 g/mol. The van der Waals surface area contributed by atoms with E-state index in [0.29, 0.717) is 5.56 Å². The minimum absolute atomic E-state index is 0.0811. The van der Waals surface area contributed by atoms with Gasteiger partial charge in [0.05, 0.1) is 12.6 Å². The lowest BCUT2D eigenvalue weighted by molar-refractivity contribution is -0.143. The number of rotatable bonds is 11. The van der Waals surface area contributed by atoms with Crippen LogP contribution in [0.4, 0.5) is 0 Å². The first kappa shape index (κ1) is 25.9. The van der Waals surface area contributed by atoms with Gasteiger partial charge in [0.2, 0.25) is 17.7 Å². The molecule has 11 heteroatoms. The van der Waals surface area contributed by atoms with E-state index in [1.807, 2.05) is 0 Å². The molecule has 0 radical (unpaired) electrons. The largest absolute Gasteiger partial charge is 0.508 e. The Balaban J connectivity index is 2.63. The van der Waals surface area contributed by atoms with Gasteiger partial charge >= 0.3 is 5.97 Å². The Morgan fingerprint density at radius 1 is 0.935 bits per heavy atom. The number of aliphatic carboxylic acids is 1. The summed E-state index contributed by atoms with van der Waals surface area (Å²) in [6.45, 7) is 3.82. The van der Waals surface area contributed by atoms with E-state index in [1.165, 1.54) is 19.1 Å². The van der Waals surface area contributed by atoms with Crippen molar-refractivity contribution in [3.8, 4) is 5.75 Å². The number of hydrogen-bond donors (Lipinski definition) is 7. The second kappa shape index (κ2) is 11.9. The molecule has 1 rings (SSSR count). The summed E-state index contributed by atoms with van der Waals surface area (Å²) in [6, 6.07) is 1.55. The van der Waals surface area contributed by atoms with Crippen LogP contribution in [0.3, 0.4) is 0 Å². The lowest BCUT2D eigenvalue weighted by Crippen LogP contribution is -2.58. The van der Waals surface area contributed by atoms with Crippen LogP contribution in [0.1, 0.15) is 26.3 Å². The van der Waals surface area contributed by atoms with Gasteiger partial charge in [-0.05, 0) is 37.0 Å². The zero-order valence-electron chi connectivity index (χ0n) is 17.7. The standard InChI is InChI=1S/C20H30N4O7/c1-10(2)16(20(30)31)24-19(29)15(9-25)23-17(27)11(3)22-18(28)14(21)8-12-4-6-13(26)7-5-12/h4-7,10-11,14-16,25-26H,8-9,21H2,1-3H3,(H,22,28)(H,23,27)(H,24,29)(H,30,31). The van der Waals surface area contributed by atoms with Crippen molar-refractivity contribution < 1.29 is 34.5 Å². The van der Waals surface area contributed by atoms with E-state index in [4.69, 9.17) is 10.8 Å². The van der Waals surface area contributed by atoms with E-state index in [1.54, 1.807) is 26.0 Å². The number of phenolic OH excluding ortho intramolecular Hbond substituents is 1. The Hall–Kier alpha value is -3.18. The normalized spacial score (nSPS) is 14.8. The molecule has 0 saturated heterocycles. The summed E-state index contributed by atoms with van der Waals surface area (Å²) in [6.07, 6.45) is 0.175. The third kappa shape index (κ3) is 8.22. The number of aliphatic hydroxyl groups is 1. The van der Waals surface area contributed by atoms with Crippen molar-refractivity contribution in [2.45, 2.75) is 51.4 Å². The number of carboxylic acid groups (broad SMARTS) is 1. The molecule has 8 N–H and O–H groups in total. The van der Waals surface area contributed by atoms with Gasteiger partial charge in [0.1, 0.15) is 23.9 Å². The number of carbonyl (C=O) groups excluding carboxylic acids is 3. The summed E-state index contributed by atoms with van der Waals surface area (Å²) in [5.41, 5.74) is 6.57.